The van der Waals surface area contributed by atoms with Gasteiger partial charge in [0.25, 0.3) is 0 Å². The lowest BCUT2D eigenvalue weighted by molar-refractivity contribution is 0.487. The first-order chi connectivity index (χ1) is 26.8. The van der Waals surface area contributed by atoms with Gasteiger partial charge in [-0.3, -0.25) is 0 Å². The summed E-state index contributed by atoms with van der Waals surface area (Å²) in [5.41, 5.74) is 10.6. The minimum atomic E-state index is -0.310. The Morgan fingerprint density at radius 3 is 1.91 bits per heavy atom. The summed E-state index contributed by atoms with van der Waals surface area (Å²) in [6, 6.07) is 67.4. The molecular weight excluding hydrogens is 661 g/mol. The monoisotopic (exact) mass is 694 g/mol. The molecule has 1 unspecified atom stereocenters. The van der Waals surface area contributed by atoms with Crippen LogP contribution in [-0.4, -0.2) is 11.7 Å². The fourth-order valence-corrected chi connectivity index (χ4v) is 7.62. The molecule has 8 aromatic rings. The maximum atomic E-state index is 6.79. The lowest BCUT2D eigenvalue weighted by Crippen LogP contribution is -2.33. The third-order valence-corrected chi connectivity index (χ3v) is 10.1. The number of amidine groups is 2. The van der Waals surface area contributed by atoms with Crippen LogP contribution in [0.1, 0.15) is 22.9 Å². The SMILES string of the molecule is c1ccc(C2=NC(c3cccc4c3-c3cccc5c(N(c6ccccc6)c6cccc(-c7ccccc7)c6)ccc(c35)O4)=NC(c3ccccc3)N2)cc1. The molecule has 5 heteroatoms. The first kappa shape index (κ1) is 31.5. The fourth-order valence-electron chi connectivity index (χ4n) is 7.62. The Hall–Kier alpha value is -7.24. The van der Waals surface area contributed by atoms with Crippen molar-refractivity contribution < 1.29 is 4.74 Å². The highest BCUT2D eigenvalue weighted by Gasteiger charge is 2.29. The van der Waals surface area contributed by atoms with Gasteiger partial charge in [0.2, 0.25) is 0 Å². The predicted octanol–water partition coefficient (Wildman–Crippen LogP) is 12.2. The Balaban J connectivity index is 1.15. The van der Waals surface area contributed by atoms with Crippen LogP contribution in [0.2, 0.25) is 0 Å². The molecule has 0 amide bonds. The van der Waals surface area contributed by atoms with Gasteiger partial charge in [-0.05, 0) is 64.7 Å². The van der Waals surface area contributed by atoms with Gasteiger partial charge in [0.05, 0.1) is 5.69 Å². The molecule has 256 valence electrons. The average molecular weight is 695 g/mol. The van der Waals surface area contributed by atoms with Gasteiger partial charge in [-0.2, -0.15) is 0 Å². The smallest absolute Gasteiger partial charge is 0.160 e. The highest BCUT2D eigenvalue weighted by Crippen LogP contribution is 2.51. The normalized spacial score (nSPS) is 14.3. The average Bonchev–Trinajstić information content (AvgIpc) is 3.25. The van der Waals surface area contributed by atoms with E-state index in [-0.39, 0.29) is 6.17 Å². The Labute approximate surface area is 314 Å². The van der Waals surface area contributed by atoms with E-state index in [9.17, 15) is 0 Å². The molecule has 2 aliphatic rings. The van der Waals surface area contributed by atoms with Crippen LogP contribution >= 0.6 is 0 Å². The molecule has 1 atom stereocenters. The molecule has 10 rings (SSSR count). The Morgan fingerprint density at radius 1 is 0.500 bits per heavy atom. The van der Waals surface area contributed by atoms with Crippen LogP contribution < -0.4 is 15.0 Å². The Bertz CT molecular complexity index is 2710. The van der Waals surface area contributed by atoms with Crippen LogP contribution in [-0.2, 0) is 0 Å². The van der Waals surface area contributed by atoms with Crippen molar-refractivity contribution in [2.75, 3.05) is 4.90 Å². The summed E-state index contributed by atoms with van der Waals surface area (Å²) in [5.74, 6) is 3.04. The van der Waals surface area contributed by atoms with Gasteiger partial charge in [-0.25, -0.2) is 9.98 Å². The minimum absolute atomic E-state index is 0.310. The Morgan fingerprint density at radius 2 is 1.13 bits per heavy atom. The zero-order chi connectivity index (χ0) is 35.8. The summed E-state index contributed by atoms with van der Waals surface area (Å²) in [4.78, 5) is 12.8. The number of rotatable bonds is 7. The van der Waals surface area contributed by atoms with Crippen LogP contribution in [0, 0.1) is 0 Å². The molecule has 2 aliphatic heterocycles. The van der Waals surface area contributed by atoms with E-state index >= 15 is 0 Å². The fraction of sp³-hybridized carbons (Fsp3) is 0.0204. The molecule has 0 fully saturated rings. The highest BCUT2D eigenvalue weighted by atomic mass is 16.5. The van der Waals surface area contributed by atoms with E-state index in [1.807, 2.05) is 48.5 Å². The van der Waals surface area contributed by atoms with E-state index in [0.717, 1.165) is 78.5 Å². The zero-order valence-electron chi connectivity index (χ0n) is 29.3. The number of hydrogen-bond acceptors (Lipinski definition) is 5. The molecule has 2 heterocycles. The largest absolute Gasteiger partial charge is 0.456 e. The van der Waals surface area contributed by atoms with Gasteiger partial charge in [-0.1, -0.05) is 152 Å². The van der Waals surface area contributed by atoms with E-state index in [1.54, 1.807) is 0 Å². The van der Waals surface area contributed by atoms with Crippen molar-refractivity contribution in [1.82, 2.24) is 5.32 Å². The van der Waals surface area contributed by atoms with Crippen LogP contribution in [0.4, 0.5) is 17.1 Å². The lowest BCUT2D eigenvalue weighted by atomic mass is 9.90. The van der Waals surface area contributed by atoms with Crippen molar-refractivity contribution in [3.63, 3.8) is 0 Å². The van der Waals surface area contributed by atoms with Crippen LogP contribution in [0.5, 0.6) is 11.5 Å². The number of fused-ring (bicyclic) bond motifs is 2. The van der Waals surface area contributed by atoms with Gasteiger partial charge < -0.3 is 15.0 Å². The number of nitrogens with zero attached hydrogens (tertiary/aromatic N) is 3. The molecule has 0 saturated heterocycles. The molecule has 0 bridgehead atoms. The van der Waals surface area contributed by atoms with Crippen LogP contribution in [0.15, 0.2) is 204 Å². The van der Waals surface area contributed by atoms with Gasteiger partial charge >= 0.3 is 0 Å². The van der Waals surface area contributed by atoms with Crippen LogP contribution in [0.25, 0.3) is 33.0 Å². The molecular formula is C49H34N4O. The second-order valence-electron chi connectivity index (χ2n) is 13.4. The van der Waals surface area contributed by atoms with Crippen molar-refractivity contribution >= 4 is 39.5 Å². The number of nitrogens with one attached hydrogen (secondary N) is 1. The van der Waals surface area contributed by atoms with Gasteiger partial charge in [-0.15, -0.1) is 0 Å². The summed E-state index contributed by atoms with van der Waals surface area (Å²) in [6.07, 6.45) is -0.310. The predicted molar refractivity (Wildman–Crippen MR) is 221 cm³/mol. The molecule has 0 radical (unpaired) electrons. The molecule has 5 nitrogen and oxygen atoms in total. The van der Waals surface area contributed by atoms with Crippen molar-refractivity contribution in [2.45, 2.75) is 6.17 Å². The Kier molecular flexibility index (Phi) is 7.81. The maximum absolute atomic E-state index is 6.79. The summed E-state index contributed by atoms with van der Waals surface area (Å²) < 4.78 is 6.79. The molecule has 0 saturated carbocycles. The quantitative estimate of drug-likeness (QED) is 0.181. The third kappa shape index (κ3) is 5.60. The lowest BCUT2D eigenvalue weighted by Gasteiger charge is -2.30. The molecule has 8 aromatic carbocycles. The highest BCUT2D eigenvalue weighted by molar-refractivity contribution is 6.19. The van der Waals surface area contributed by atoms with Crippen molar-refractivity contribution in [3.8, 4) is 33.8 Å². The molecule has 54 heavy (non-hydrogen) atoms. The van der Waals surface area contributed by atoms with Gasteiger partial charge in [0.1, 0.15) is 23.5 Å². The second kappa shape index (κ2) is 13.4. The first-order valence-corrected chi connectivity index (χ1v) is 18.2. The summed E-state index contributed by atoms with van der Waals surface area (Å²) in [7, 11) is 0. The molecule has 0 aliphatic carbocycles. The van der Waals surface area contributed by atoms with E-state index in [4.69, 9.17) is 14.7 Å². The number of ether oxygens (including phenoxy) is 1. The standard InChI is InChI=1S/C49H34N4O/c1-5-16-33(17-6-1)36-22-13-25-38(32-36)53(37-23-11-4-12-24-37)42-30-31-44-45-39(42)26-14-27-40(45)46-41(28-15-29-43(46)54-44)49-51-47(34-18-7-2-8-19-34)50-48(52-49)35-20-9-3-10-21-35/h1-32,47H,(H,50,51,52). The first-order valence-electron chi connectivity index (χ1n) is 18.2. The summed E-state index contributed by atoms with van der Waals surface area (Å²) in [5, 5.41) is 5.73. The summed E-state index contributed by atoms with van der Waals surface area (Å²) in [6.45, 7) is 0. The number of aliphatic imine (C=N–C) groups is 2. The number of hydrogen-bond donors (Lipinski definition) is 1. The molecule has 1 N–H and O–H groups in total. The van der Waals surface area contributed by atoms with E-state index in [1.165, 1.54) is 5.56 Å². The van der Waals surface area contributed by atoms with E-state index in [2.05, 4.69) is 156 Å². The van der Waals surface area contributed by atoms with E-state index in [0.29, 0.717) is 5.84 Å². The topological polar surface area (TPSA) is 49.2 Å². The number of anilines is 3. The number of para-hydroxylation sites is 1. The molecule has 0 aromatic heterocycles. The van der Waals surface area contributed by atoms with Gasteiger partial charge in [0.15, 0.2) is 5.84 Å². The van der Waals surface area contributed by atoms with E-state index < -0.39 is 0 Å². The van der Waals surface area contributed by atoms with Crippen LogP contribution in [0.3, 0.4) is 0 Å². The van der Waals surface area contributed by atoms with Gasteiger partial charge in [0, 0.05) is 38.8 Å². The van der Waals surface area contributed by atoms with Crippen molar-refractivity contribution in [1.29, 1.82) is 0 Å². The van der Waals surface area contributed by atoms with Crippen molar-refractivity contribution in [3.05, 3.63) is 211 Å². The van der Waals surface area contributed by atoms with Crippen molar-refractivity contribution in [2.24, 2.45) is 9.98 Å². The number of benzene rings is 8. The maximum Gasteiger partial charge on any atom is 0.160 e. The third-order valence-electron chi connectivity index (χ3n) is 10.1. The second-order valence-corrected chi connectivity index (χ2v) is 13.4. The minimum Gasteiger partial charge on any atom is -0.456 e. The summed E-state index contributed by atoms with van der Waals surface area (Å²) >= 11 is 0. The molecule has 0 spiro atoms. The zero-order valence-corrected chi connectivity index (χ0v) is 29.3.